The van der Waals surface area contributed by atoms with Crippen molar-refractivity contribution in [2.24, 2.45) is 0 Å². The molecule has 0 unspecified atom stereocenters. The number of hydrogen-bond donors (Lipinski definition) is 1. The van der Waals surface area contributed by atoms with Crippen molar-refractivity contribution in [3.8, 4) is 0 Å². The van der Waals surface area contributed by atoms with Gasteiger partial charge in [0.2, 0.25) is 0 Å². The van der Waals surface area contributed by atoms with E-state index in [2.05, 4.69) is 10.5 Å². The number of para-hydroxylation sites is 2. The molecule has 1 aliphatic heterocycles. The van der Waals surface area contributed by atoms with Gasteiger partial charge in [-0.1, -0.05) is 17.3 Å². The molecule has 1 amide bonds. The molecule has 1 aliphatic rings. The topological polar surface area (TPSA) is 58.4 Å². The summed E-state index contributed by atoms with van der Waals surface area (Å²) in [5.74, 6) is 0.495. The third kappa shape index (κ3) is 2.07. The molecule has 5 nitrogen and oxygen atoms in total. The zero-order chi connectivity index (χ0) is 13.2. The minimum Gasteiger partial charge on any atom is -0.383 e. The molecule has 2 heterocycles. The van der Waals surface area contributed by atoms with Gasteiger partial charge < -0.3 is 14.7 Å². The molecule has 0 atom stereocenters. The van der Waals surface area contributed by atoms with Crippen LogP contribution < -0.4 is 10.2 Å². The molecular formula is C14H15N3O2. The normalized spacial score (nSPS) is 14.5. The fourth-order valence-corrected chi connectivity index (χ4v) is 2.30. The summed E-state index contributed by atoms with van der Waals surface area (Å²) in [5, 5.41) is 7.02. The molecule has 0 radical (unpaired) electrons. The van der Waals surface area contributed by atoms with Gasteiger partial charge in [0.05, 0.1) is 17.6 Å². The summed E-state index contributed by atoms with van der Waals surface area (Å²) in [5.41, 5.74) is 2.42. The number of aromatic nitrogens is 1. The highest BCUT2D eigenvalue weighted by atomic mass is 16.5. The second-order valence-corrected chi connectivity index (χ2v) is 4.55. The van der Waals surface area contributed by atoms with E-state index in [9.17, 15) is 4.79 Å². The molecule has 0 saturated carbocycles. The zero-order valence-corrected chi connectivity index (χ0v) is 10.7. The summed E-state index contributed by atoms with van der Waals surface area (Å²) in [7, 11) is 0. The van der Waals surface area contributed by atoms with Gasteiger partial charge in [0.15, 0.2) is 0 Å². The predicted molar refractivity (Wildman–Crippen MR) is 72.5 cm³/mol. The van der Waals surface area contributed by atoms with E-state index in [0.717, 1.165) is 24.3 Å². The van der Waals surface area contributed by atoms with Crippen LogP contribution in [0.3, 0.4) is 0 Å². The number of nitrogens with zero attached hydrogens (tertiary/aromatic N) is 2. The lowest BCUT2D eigenvalue weighted by Crippen LogP contribution is -2.31. The van der Waals surface area contributed by atoms with Crippen LogP contribution >= 0.6 is 0 Å². The second kappa shape index (κ2) is 4.76. The van der Waals surface area contributed by atoms with Crippen molar-refractivity contribution in [2.75, 3.05) is 23.3 Å². The lowest BCUT2D eigenvalue weighted by Gasteiger charge is -2.21. The average molecular weight is 257 g/mol. The molecule has 2 aromatic rings. The lowest BCUT2D eigenvalue weighted by atomic mass is 10.2. The Bertz CT molecular complexity index is 606. The van der Waals surface area contributed by atoms with Crippen LogP contribution in [0.4, 0.5) is 11.4 Å². The smallest absolute Gasteiger partial charge is 0.263 e. The van der Waals surface area contributed by atoms with E-state index in [-0.39, 0.29) is 5.91 Å². The molecule has 1 aromatic heterocycles. The van der Waals surface area contributed by atoms with E-state index in [0.29, 0.717) is 17.9 Å². The number of nitrogens with one attached hydrogen (secondary N) is 1. The maximum atomic E-state index is 12.6. The highest BCUT2D eigenvalue weighted by molar-refractivity contribution is 6.08. The summed E-state index contributed by atoms with van der Waals surface area (Å²) < 4.78 is 4.98. The van der Waals surface area contributed by atoms with E-state index in [1.54, 1.807) is 11.8 Å². The Hall–Kier alpha value is -2.30. The number of aryl methyl sites for hydroxylation is 1. The first kappa shape index (κ1) is 11.8. The quantitative estimate of drug-likeness (QED) is 0.852. The fraction of sp³-hybridized carbons (Fsp3) is 0.286. The van der Waals surface area contributed by atoms with Gasteiger partial charge in [-0.3, -0.25) is 4.79 Å². The molecule has 5 heteroatoms. The molecule has 1 aromatic carbocycles. The second-order valence-electron chi connectivity index (χ2n) is 4.55. The van der Waals surface area contributed by atoms with E-state index in [4.69, 9.17) is 4.52 Å². The minimum atomic E-state index is -0.0603. The molecule has 0 bridgehead atoms. The van der Waals surface area contributed by atoms with Crippen molar-refractivity contribution in [2.45, 2.75) is 13.3 Å². The Morgan fingerprint density at radius 2 is 2.26 bits per heavy atom. The highest BCUT2D eigenvalue weighted by Gasteiger charge is 2.24. The number of fused-ring (bicyclic) bond motifs is 1. The zero-order valence-electron chi connectivity index (χ0n) is 10.7. The molecule has 3 rings (SSSR count). The Morgan fingerprint density at radius 3 is 3.05 bits per heavy atom. The van der Waals surface area contributed by atoms with Crippen molar-refractivity contribution in [1.29, 1.82) is 0 Å². The Labute approximate surface area is 111 Å². The summed E-state index contributed by atoms with van der Waals surface area (Å²) >= 11 is 0. The Morgan fingerprint density at radius 1 is 1.42 bits per heavy atom. The molecule has 1 N–H and O–H groups in total. The van der Waals surface area contributed by atoms with E-state index >= 15 is 0 Å². The fourth-order valence-electron chi connectivity index (χ4n) is 2.30. The number of anilines is 2. The van der Waals surface area contributed by atoms with E-state index < -0.39 is 0 Å². The van der Waals surface area contributed by atoms with Crippen LogP contribution in [0.1, 0.15) is 22.5 Å². The Kier molecular flexibility index (Phi) is 2.95. The monoisotopic (exact) mass is 257 g/mol. The maximum Gasteiger partial charge on any atom is 0.263 e. The van der Waals surface area contributed by atoms with Crippen LogP contribution in [0.5, 0.6) is 0 Å². The van der Waals surface area contributed by atoms with Crippen molar-refractivity contribution in [1.82, 2.24) is 5.16 Å². The Balaban J connectivity index is 2.01. The average Bonchev–Trinajstić information content (AvgIpc) is 2.74. The number of amides is 1. The maximum absolute atomic E-state index is 12.6. The van der Waals surface area contributed by atoms with Crippen LogP contribution in [-0.2, 0) is 0 Å². The standard InChI is InChI=1S/C14H15N3O2/c1-10-11(9-16-19-10)14(18)17-8-4-7-15-12-5-2-3-6-13(12)17/h2-3,5-6,9,15H,4,7-8H2,1H3. The SMILES string of the molecule is Cc1oncc1C(=O)N1CCCNc2ccccc21. The number of hydrogen-bond acceptors (Lipinski definition) is 4. The third-order valence-electron chi connectivity index (χ3n) is 3.30. The first-order valence-electron chi connectivity index (χ1n) is 6.33. The first-order valence-corrected chi connectivity index (χ1v) is 6.33. The van der Waals surface area contributed by atoms with E-state index in [1.165, 1.54) is 6.20 Å². The van der Waals surface area contributed by atoms with Crippen LogP contribution in [0.15, 0.2) is 35.0 Å². The van der Waals surface area contributed by atoms with Gasteiger partial charge in [-0.15, -0.1) is 0 Å². The van der Waals surface area contributed by atoms with Crippen LogP contribution in [0.25, 0.3) is 0 Å². The van der Waals surface area contributed by atoms with Crippen molar-refractivity contribution < 1.29 is 9.32 Å². The molecule has 0 saturated heterocycles. The van der Waals surface area contributed by atoms with Gasteiger partial charge in [0.25, 0.3) is 5.91 Å². The van der Waals surface area contributed by atoms with Gasteiger partial charge in [-0.2, -0.15) is 0 Å². The van der Waals surface area contributed by atoms with Crippen LogP contribution in [0.2, 0.25) is 0 Å². The van der Waals surface area contributed by atoms with Gasteiger partial charge >= 0.3 is 0 Å². The number of rotatable bonds is 1. The highest BCUT2D eigenvalue weighted by Crippen LogP contribution is 2.29. The van der Waals surface area contributed by atoms with Gasteiger partial charge in [0.1, 0.15) is 11.3 Å². The number of benzene rings is 1. The molecule has 0 fully saturated rings. The van der Waals surface area contributed by atoms with Crippen LogP contribution in [0, 0.1) is 6.92 Å². The van der Waals surface area contributed by atoms with Crippen molar-refractivity contribution in [3.63, 3.8) is 0 Å². The molecule has 19 heavy (non-hydrogen) atoms. The molecule has 98 valence electrons. The minimum absolute atomic E-state index is 0.0603. The van der Waals surface area contributed by atoms with Crippen molar-refractivity contribution >= 4 is 17.3 Å². The summed E-state index contributed by atoms with van der Waals surface area (Å²) in [6.45, 7) is 3.30. The summed E-state index contributed by atoms with van der Waals surface area (Å²) in [6.07, 6.45) is 2.39. The molecule has 0 spiro atoms. The number of carbonyl (C=O) groups is 1. The van der Waals surface area contributed by atoms with Crippen molar-refractivity contribution in [3.05, 3.63) is 41.8 Å². The van der Waals surface area contributed by atoms with Gasteiger partial charge in [0, 0.05) is 13.1 Å². The third-order valence-corrected chi connectivity index (χ3v) is 3.30. The summed E-state index contributed by atoms with van der Waals surface area (Å²) in [4.78, 5) is 14.4. The van der Waals surface area contributed by atoms with Gasteiger partial charge in [-0.25, -0.2) is 0 Å². The largest absolute Gasteiger partial charge is 0.383 e. The summed E-state index contributed by atoms with van der Waals surface area (Å²) in [6, 6.07) is 7.84. The number of carbonyl (C=O) groups excluding carboxylic acids is 1. The predicted octanol–water partition coefficient (Wildman–Crippen LogP) is 2.45. The lowest BCUT2D eigenvalue weighted by molar-refractivity contribution is 0.0986. The van der Waals surface area contributed by atoms with E-state index in [1.807, 2.05) is 24.3 Å². The van der Waals surface area contributed by atoms with Crippen LogP contribution in [-0.4, -0.2) is 24.2 Å². The molecule has 0 aliphatic carbocycles. The molecular weight excluding hydrogens is 242 g/mol. The van der Waals surface area contributed by atoms with Gasteiger partial charge in [-0.05, 0) is 25.5 Å². The first-order chi connectivity index (χ1) is 9.27.